The monoisotopic (exact) mass is 274 g/mol. The zero-order chi connectivity index (χ0) is 11.7. The third-order valence-corrected chi connectivity index (χ3v) is 4.13. The third kappa shape index (κ3) is 2.16. The van der Waals surface area contributed by atoms with Crippen molar-refractivity contribution in [3.63, 3.8) is 0 Å². The van der Waals surface area contributed by atoms with Crippen LogP contribution in [0.25, 0.3) is 0 Å². The smallest absolute Gasteiger partial charge is 0.269 e. The van der Waals surface area contributed by atoms with Crippen LogP contribution < -0.4 is 11.1 Å². The number of anilines is 2. The molecule has 0 radical (unpaired) electrons. The molecule has 0 spiro atoms. The number of nitrogens with one attached hydrogen (secondary N) is 1. The molecule has 0 atom stereocenters. The Hall–Kier alpha value is -1.18. The van der Waals surface area contributed by atoms with Gasteiger partial charge in [0, 0.05) is 0 Å². The van der Waals surface area contributed by atoms with Gasteiger partial charge < -0.3 is 5.73 Å². The van der Waals surface area contributed by atoms with Gasteiger partial charge in [-0.05, 0) is 17.9 Å². The maximum atomic E-state index is 11.8. The van der Waals surface area contributed by atoms with Crippen LogP contribution >= 0.6 is 34.3 Å². The molecule has 0 aliphatic carbocycles. The predicted molar refractivity (Wildman–Crippen MR) is 66.3 cm³/mol. The van der Waals surface area contributed by atoms with Crippen molar-refractivity contribution in [2.24, 2.45) is 0 Å². The van der Waals surface area contributed by atoms with Gasteiger partial charge in [-0.25, -0.2) is 0 Å². The molecule has 84 valence electrons. The Balaban J connectivity index is 2.18. The molecule has 0 aliphatic rings. The minimum Gasteiger partial charge on any atom is -0.374 e. The van der Waals surface area contributed by atoms with Crippen molar-refractivity contribution in [2.75, 3.05) is 11.1 Å². The van der Waals surface area contributed by atoms with Crippen molar-refractivity contribution in [1.29, 1.82) is 0 Å². The van der Waals surface area contributed by atoms with Gasteiger partial charge in [0.15, 0.2) is 0 Å². The molecule has 0 aromatic carbocycles. The van der Waals surface area contributed by atoms with Crippen molar-refractivity contribution in [1.82, 2.24) is 10.2 Å². The number of nitrogens with two attached hydrogens (primary N) is 1. The normalized spacial score (nSPS) is 10.4. The molecule has 0 saturated heterocycles. The standard InChI is InChI=1S/C8H7ClN4OS2/c1-3-2-15-5(4(3)9)6(14)11-8-13-12-7(10)16-8/h2H,1H3,(H2,10,12)(H,11,13,14). The summed E-state index contributed by atoms with van der Waals surface area (Å²) in [6, 6.07) is 0. The van der Waals surface area contributed by atoms with E-state index in [0.717, 1.165) is 16.9 Å². The summed E-state index contributed by atoms with van der Waals surface area (Å²) in [6.45, 7) is 1.85. The molecular weight excluding hydrogens is 268 g/mol. The molecule has 2 aromatic rings. The number of carbonyl (C=O) groups is 1. The fraction of sp³-hybridized carbons (Fsp3) is 0.125. The van der Waals surface area contributed by atoms with E-state index >= 15 is 0 Å². The maximum Gasteiger partial charge on any atom is 0.269 e. The second-order valence-corrected chi connectivity index (χ2v) is 5.23. The van der Waals surface area contributed by atoms with Crippen LogP contribution in [0, 0.1) is 6.92 Å². The van der Waals surface area contributed by atoms with E-state index in [2.05, 4.69) is 15.5 Å². The highest BCUT2D eigenvalue weighted by atomic mass is 35.5. The van der Waals surface area contributed by atoms with Crippen LogP contribution in [0.1, 0.15) is 15.2 Å². The van der Waals surface area contributed by atoms with Gasteiger partial charge in [-0.2, -0.15) is 0 Å². The third-order valence-electron chi connectivity index (χ3n) is 1.77. The number of aryl methyl sites for hydroxylation is 1. The van der Waals surface area contributed by atoms with Gasteiger partial charge in [-0.3, -0.25) is 10.1 Å². The number of carbonyl (C=O) groups excluding carboxylic acids is 1. The number of aromatic nitrogens is 2. The Morgan fingerprint density at radius 2 is 2.31 bits per heavy atom. The van der Waals surface area contributed by atoms with Gasteiger partial charge in [0.05, 0.1) is 5.02 Å². The number of hydrogen-bond acceptors (Lipinski definition) is 6. The number of hydrogen-bond donors (Lipinski definition) is 2. The topological polar surface area (TPSA) is 80.9 Å². The van der Waals surface area contributed by atoms with Crippen LogP contribution in [0.4, 0.5) is 10.3 Å². The van der Waals surface area contributed by atoms with Crippen LogP contribution in [0.15, 0.2) is 5.38 Å². The van der Waals surface area contributed by atoms with Gasteiger partial charge in [0.2, 0.25) is 10.3 Å². The lowest BCUT2D eigenvalue weighted by Crippen LogP contribution is -2.10. The van der Waals surface area contributed by atoms with Gasteiger partial charge in [0.25, 0.3) is 5.91 Å². The van der Waals surface area contributed by atoms with Crippen molar-refractivity contribution < 1.29 is 4.79 Å². The summed E-state index contributed by atoms with van der Waals surface area (Å²) in [5.74, 6) is -0.292. The van der Waals surface area contributed by atoms with Crippen LogP contribution in [-0.4, -0.2) is 16.1 Å². The molecule has 0 aliphatic heterocycles. The van der Waals surface area contributed by atoms with E-state index in [4.69, 9.17) is 17.3 Å². The van der Waals surface area contributed by atoms with Crippen LogP contribution in [0.3, 0.4) is 0 Å². The number of nitrogen functional groups attached to an aromatic ring is 1. The molecule has 1 amide bonds. The van der Waals surface area contributed by atoms with Crippen molar-refractivity contribution in [3.8, 4) is 0 Å². The fourth-order valence-corrected chi connectivity index (χ4v) is 2.70. The number of nitrogens with zero attached hydrogens (tertiary/aromatic N) is 2. The molecule has 0 unspecified atom stereocenters. The highest BCUT2D eigenvalue weighted by Crippen LogP contribution is 2.28. The lowest BCUT2D eigenvalue weighted by molar-refractivity contribution is 0.103. The first-order chi connectivity index (χ1) is 7.58. The first-order valence-electron chi connectivity index (χ1n) is 4.22. The Kier molecular flexibility index (Phi) is 3.08. The predicted octanol–water partition coefficient (Wildman–Crippen LogP) is 2.40. The molecule has 0 saturated carbocycles. The van der Waals surface area contributed by atoms with Crippen LogP contribution in [-0.2, 0) is 0 Å². The van der Waals surface area contributed by atoms with E-state index in [0.29, 0.717) is 20.2 Å². The average molecular weight is 275 g/mol. The minimum atomic E-state index is -0.292. The molecule has 2 rings (SSSR count). The molecule has 2 heterocycles. The Bertz CT molecular complexity index is 536. The molecule has 3 N–H and O–H groups in total. The minimum absolute atomic E-state index is 0.292. The first kappa shape index (κ1) is 11.3. The lowest BCUT2D eigenvalue weighted by atomic mass is 10.3. The quantitative estimate of drug-likeness (QED) is 0.881. The molecule has 2 aromatic heterocycles. The van der Waals surface area contributed by atoms with E-state index in [-0.39, 0.29) is 5.91 Å². The molecule has 5 nitrogen and oxygen atoms in total. The zero-order valence-corrected chi connectivity index (χ0v) is 10.5. The first-order valence-corrected chi connectivity index (χ1v) is 6.29. The molecule has 0 bridgehead atoms. The van der Waals surface area contributed by atoms with Gasteiger partial charge in [0.1, 0.15) is 4.88 Å². The summed E-state index contributed by atoms with van der Waals surface area (Å²) in [7, 11) is 0. The summed E-state index contributed by atoms with van der Waals surface area (Å²) in [5, 5.41) is 12.8. The van der Waals surface area contributed by atoms with Crippen molar-refractivity contribution >= 4 is 50.4 Å². The molecule has 8 heteroatoms. The van der Waals surface area contributed by atoms with E-state index < -0.39 is 0 Å². The second kappa shape index (κ2) is 4.36. The molecule has 16 heavy (non-hydrogen) atoms. The van der Waals surface area contributed by atoms with Gasteiger partial charge in [-0.15, -0.1) is 21.5 Å². The summed E-state index contributed by atoms with van der Waals surface area (Å²) in [6.07, 6.45) is 0. The zero-order valence-electron chi connectivity index (χ0n) is 8.15. The number of thiophene rings is 1. The Labute approximate surface area is 104 Å². The summed E-state index contributed by atoms with van der Waals surface area (Å²) in [4.78, 5) is 12.2. The maximum absolute atomic E-state index is 11.8. The van der Waals surface area contributed by atoms with E-state index in [1.165, 1.54) is 11.3 Å². The Morgan fingerprint density at radius 3 is 2.81 bits per heavy atom. The fourth-order valence-electron chi connectivity index (χ4n) is 1.02. The summed E-state index contributed by atoms with van der Waals surface area (Å²) in [5.41, 5.74) is 6.28. The molecule has 0 fully saturated rings. The highest BCUT2D eigenvalue weighted by Gasteiger charge is 2.16. The highest BCUT2D eigenvalue weighted by molar-refractivity contribution is 7.19. The van der Waals surface area contributed by atoms with E-state index in [1.807, 2.05) is 12.3 Å². The van der Waals surface area contributed by atoms with Crippen LogP contribution in [0.5, 0.6) is 0 Å². The van der Waals surface area contributed by atoms with Gasteiger partial charge >= 0.3 is 0 Å². The number of rotatable bonds is 2. The van der Waals surface area contributed by atoms with E-state index in [9.17, 15) is 4.79 Å². The number of amides is 1. The molecular formula is C8H7ClN4OS2. The number of halogens is 1. The van der Waals surface area contributed by atoms with Gasteiger partial charge in [-0.1, -0.05) is 22.9 Å². The SMILES string of the molecule is Cc1csc(C(=O)Nc2nnc(N)s2)c1Cl. The lowest BCUT2D eigenvalue weighted by Gasteiger charge is -1.98. The Morgan fingerprint density at radius 1 is 1.56 bits per heavy atom. The largest absolute Gasteiger partial charge is 0.374 e. The second-order valence-electron chi connectivity index (χ2n) is 2.96. The van der Waals surface area contributed by atoms with Crippen molar-refractivity contribution in [3.05, 3.63) is 20.8 Å². The van der Waals surface area contributed by atoms with Crippen molar-refractivity contribution in [2.45, 2.75) is 6.92 Å². The summed E-state index contributed by atoms with van der Waals surface area (Å²) >= 11 is 8.37. The van der Waals surface area contributed by atoms with Crippen LogP contribution in [0.2, 0.25) is 5.02 Å². The average Bonchev–Trinajstić information content (AvgIpc) is 2.76. The van der Waals surface area contributed by atoms with E-state index in [1.54, 1.807) is 0 Å². The summed E-state index contributed by atoms with van der Waals surface area (Å²) < 4.78 is 0.